The fourth-order valence-electron chi connectivity index (χ4n) is 0.634. The smallest absolute Gasteiger partial charge is 0.368 e. The fourth-order valence-corrected chi connectivity index (χ4v) is 3.50. The van der Waals surface area contributed by atoms with E-state index in [0.29, 0.717) is 0 Å². The summed E-state index contributed by atoms with van der Waals surface area (Å²) in [5.74, 6) is -0.757. The molecule has 0 radical (unpaired) electrons. The van der Waals surface area contributed by atoms with Crippen molar-refractivity contribution in [3.63, 3.8) is 0 Å². The molecular weight excluding hydrogens is 343 g/mol. The molecule has 0 aromatic heterocycles. The van der Waals surface area contributed by atoms with E-state index in [1.165, 1.54) is 14.2 Å². The van der Waals surface area contributed by atoms with Gasteiger partial charge in [0.1, 0.15) is 0 Å². The lowest BCUT2D eigenvalue weighted by Crippen LogP contribution is -2.28. The van der Waals surface area contributed by atoms with Gasteiger partial charge in [0.2, 0.25) is 0 Å². The zero-order valence-corrected chi connectivity index (χ0v) is 12.0. The van der Waals surface area contributed by atoms with Gasteiger partial charge in [-0.1, -0.05) is 0 Å². The molecule has 0 aromatic carbocycles. The molecule has 5 nitrogen and oxygen atoms in total. The van der Waals surface area contributed by atoms with Gasteiger partial charge >= 0.3 is 13.6 Å². The van der Waals surface area contributed by atoms with Crippen LogP contribution in [0.2, 0.25) is 0 Å². The third-order valence-electron chi connectivity index (χ3n) is 1.35. The lowest BCUT2D eigenvalue weighted by molar-refractivity contribution is -0.141. The van der Waals surface area contributed by atoms with Crippen LogP contribution in [0.4, 0.5) is 0 Å². The Labute approximate surface area is 99.3 Å². The van der Waals surface area contributed by atoms with Crippen molar-refractivity contribution in [2.45, 2.75) is 9.90 Å². The molecular formula is C6H11Br2O5P. The van der Waals surface area contributed by atoms with Crippen LogP contribution < -0.4 is 0 Å². The Morgan fingerprint density at radius 2 is 1.79 bits per heavy atom. The Bertz CT molecular complexity index is 247. The van der Waals surface area contributed by atoms with Crippen LogP contribution in [-0.2, 0) is 23.1 Å². The number of esters is 1. The number of carbonyl (C=O) groups excluding carboxylic acids is 1. The maximum Gasteiger partial charge on any atom is 0.368 e. The summed E-state index contributed by atoms with van der Waals surface area (Å²) in [6, 6.07) is 0. The maximum atomic E-state index is 11.8. The van der Waals surface area contributed by atoms with Gasteiger partial charge in [-0.25, -0.2) is 4.79 Å². The lowest BCUT2D eigenvalue weighted by Gasteiger charge is -2.25. The Kier molecular flexibility index (Phi) is 5.84. The highest BCUT2D eigenvalue weighted by Crippen LogP contribution is 2.65. The molecule has 0 heterocycles. The standard InChI is InChI=1S/C6H11Br2O5P/c1-4-13-5(9)6(7,8)14(10,11-2)12-3/h4H2,1-3H3. The SMILES string of the molecule is CCOC(=O)C(Br)(Br)P(=O)(OC)OC. The molecule has 0 aromatic rings. The summed E-state index contributed by atoms with van der Waals surface area (Å²) in [7, 11) is -1.25. The molecule has 84 valence electrons. The predicted octanol–water partition coefficient (Wildman–Crippen LogP) is 2.48. The van der Waals surface area contributed by atoms with Gasteiger partial charge in [0, 0.05) is 14.2 Å². The summed E-state index contributed by atoms with van der Waals surface area (Å²) >= 11 is 5.84. The van der Waals surface area contributed by atoms with E-state index in [4.69, 9.17) is 4.74 Å². The maximum absolute atomic E-state index is 11.8. The number of rotatable bonds is 5. The van der Waals surface area contributed by atoms with E-state index in [9.17, 15) is 9.36 Å². The Balaban J connectivity index is 4.92. The van der Waals surface area contributed by atoms with Crippen molar-refractivity contribution < 1.29 is 23.1 Å². The summed E-state index contributed by atoms with van der Waals surface area (Å²) in [6.45, 7) is 1.81. The molecule has 0 aliphatic heterocycles. The summed E-state index contributed by atoms with van der Waals surface area (Å²) in [6.07, 6.45) is 0. The van der Waals surface area contributed by atoms with E-state index in [1.807, 2.05) is 0 Å². The van der Waals surface area contributed by atoms with Gasteiger partial charge < -0.3 is 13.8 Å². The predicted molar refractivity (Wildman–Crippen MR) is 58.8 cm³/mol. The third kappa shape index (κ3) is 2.79. The van der Waals surface area contributed by atoms with Crippen LogP contribution in [0, 0.1) is 0 Å². The van der Waals surface area contributed by atoms with E-state index >= 15 is 0 Å². The molecule has 0 rings (SSSR count). The van der Waals surface area contributed by atoms with Crippen molar-refractivity contribution in [3.05, 3.63) is 0 Å². The first kappa shape index (κ1) is 14.6. The molecule has 0 fully saturated rings. The van der Waals surface area contributed by atoms with Crippen LogP contribution >= 0.6 is 39.5 Å². The number of carbonyl (C=O) groups is 1. The highest BCUT2D eigenvalue weighted by molar-refractivity contribution is 9.27. The average molecular weight is 354 g/mol. The quantitative estimate of drug-likeness (QED) is 0.431. The molecule has 0 aliphatic carbocycles. The molecule has 0 aliphatic rings. The number of hydrogen-bond donors (Lipinski definition) is 0. The molecule has 0 amide bonds. The average Bonchev–Trinajstić information content (AvgIpc) is 2.16. The van der Waals surface area contributed by atoms with Gasteiger partial charge in [-0.3, -0.25) is 4.57 Å². The van der Waals surface area contributed by atoms with Gasteiger partial charge in [-0.05, 0) is 38.8 Å². The number of halogens is 2. The number of ether oxygens (including phenoxy) is 1. The van der Waals surface area contributed by atoms with Gasteiger partial charge in [-0.2, -0.15) is 0 Å². The van der Waals surface area contributed by atoms with Gasteiger partial charge in [0.25, 0.3) is 2.97 Å². The summed E-state index contributed by atoms with van der Waals surface area (Å²) in [5, 5.41) is 0. The van der Waals surface area contributed by atoms with Crippen LogP contribution in [-0.4, -0.2) is 29.8 Å². The Morgan fingerprint density at radius 3 is 2.07 bits per heavy atom. The van der Waals surface area contributed by atoms with E-state index < -0.39 is 16.5 Å². The highest BCUT2D eigenvalue weighted by atomic mass is 79.9. The molecule has 0 spiro atoms. The third-order valence-corrected chi connectivity index (χ3v) is 6.43. The molecule has 0 atom stereocenters. The number of alkyl halides is 2. The zero-order chi connectivity index (χ0) is 11.4. The minimum atomic E-state index is -3.61. The summed E-state index contributed by atoms with van der Waals surface area (Å²) in [5.41, 5.74) is 0. The molecule has 0 bridgehead atoms. The van der Waals surface area contributed by atoms with Crippen molar-refractivity contribution in [1.29, 1.82) is 0 Å². The first-order valence-electron chi connectivity index (χ1n) is 3.62. The van der Waals surface area contributed by atoms with Crippen LogP contribution in [0.15, 0.2) is 0 Å². The van der Waals surface area contributed by atoms with Crippen molar-refractivity contribution in [1.82, 2.24) is 0 Å². The topological polar surface area (TPSA) is 61.8 Å². The molecule has 0 saturated carbocycles. The number of hydrogen-bond acceptors (Lipinski definition) is 5. The van der Waals surface area contributed by atoms with E-state index in [1.54, 1.807) is 6.92 Å². The lowest BCUT2D eigenvalue weighted by atomic mass is 10.7. The molecule has 0 saturated heterocycles. The van der Waals surface area contributed by atoms with Crippen molar-refractivity contribution in [2.75, 3.05) is 20.8 Å². The minimum absolute atomic E-state index is 0.172. The second-order valence-electron chi connectivity index (χ2n) is 2.12. The van der Waals surface area contributed by atoms with Gasteiger partial charge in [0.05, 0.1) is 6.61 Å². The van der Waals surface area contributed by atoms with E-state index in [-0.39, 0.29) is 6.61 Å². The minimum Gasteiger partial charge on any atom is -0.464 e. The fraction of sp³-hybridized carbons (Fsp3) is 0.833. The summed E-state index contributed by atoms with van der Waals surface area (Å²) in [4.78, 5) is 11.4. The molecule has 14 heavy (non-hydrogen) atoms. The second kappa shape index (κ2) is 5.61. The summed E-state index contributed by atoms with van der Waals surface area (Å²) < 4.78 is 24.2. The highest BCUT2D eigenvalue weighted by Gasteiger charge is 2.54. The normalized spacial score (nSPS) is 12.6. The monoisotopic (exact) mass is 352 g/mol. The van der Waals surface area contributed by atoms with Crippen molar-refractivity contribution in [3.8, 4) is 0 Å². The Hall–Kier alpha value is 0.580. The first-order chi connectivity index (χ1) is 6.35. The van der Waals surface area contributed by atoms with Gasteiger partial charge in [0.15, 0.2) is 0 Å². The van der Waals surface area contributed by atoms with Crippen LogP contribution in [0.1, 0.15) is 6.92 Å². The molecule has 8 heteroatoms. The molecule has 0 unspecified atom stereocenters. The first-order valence-corrected chi connectivity index (χ1v) is 6.75. The van der Waals surface area contributed by atoms with Crippen LogP contribution in [0.5, 0.6) is 0 Å². The van der Waals surface area contributed by atoms with E-state index in [2.05, 4.69) is 40.9 Å². The van der Waals surface area contributed by atoms with Crippen molar-refractivity contribution >= 4 is 45.4 Å². The van der Waals surface area contributed by atoms with Crippen LogP contribution in [0.3, 0.4) is 0 Å². The Morgan fingerprint density at radius 1 is 1.36 bits per heavy atom. The zero-order valence-electron chi connectivity index (χ0n) is 7.95. The second-order valence-corrected chi connectivity index (χ2v) is 9.19. The van der Waals surface area contributed by atoms with E-state index in [0.717, 1.165) is 0 Å². The molecule has 0 N–H and O–H groups in total. The van der Waals surface area contributed by atoms with Gasteiger partial charge in [-0.15, -0.1) is 0 Å². The van der Waals surface area contributed by atoms with Crippen molar-refractivity contribution in [2.24, 2.45) is 0 Å². The van der Waals surface area contributed by atoms with Crippen LogP contribution in [0.25, 0.3) is 0 Å². The largest absolute Gasteiger partial charge is 0.464 e.